The summed E-state index contributed by atoms with van der Waals surface area (Å²) >= 11 is 0. The summed E-state index contributed by atoms with van der Waals surface area (Å²) in [7, 11) is 0. The summed E-state index contributed by atoms with van der Waals surface area (Å²) in [5, 5.41) is 28.5. The summed E-state index contributed by atoms with van der Waals surface area (Å²) in [5.74, 6) is 0.568. The molecular weight excluding hydrogens is 322 g/mol. The van der Waals surface area contributed by atoms with Gasteiger partial charge in [0.15, 0.2) is 6.29 Å². The first-order valence-electron chi connectivity index (χ1n) is 8.19. The quantitative estimate of drug-likeness (QED) is 0.220. The summed E-state index contributed by atoms with van der Waals surface area (Å²) in [6.07, 6.45) is 2.90. The van der Waals surface area contributed by atoms with E-state index < -0.39 is 11.2 Å². The number of hydrogen-bond donors (Lipinski definition) is 1. The third kappa shape index (κ3) is 6.31. The minimum Gasteiger partial charge on any atom is -0.465 e. The van der Waals surface area contributed by atoms with E-state index in [9.17, 15) is 15.2 Å². The number of aliphatic hydroxyl groups is 1. The van der Waals surface area contributed by atoms with Gasteiger partial charge < -0.3 is 9.84 Å². The second kappa shape index (κ2) is 9.48. The number of non-ortho nitro benzene ring substituents is 1. The summed E-state index contributed by atoms with van der Waals surface area (Å²) in [4.78, 5) is 10.1. The molecule has 0 saturated carbocycles. The average molecular weight is 343 g/mol. The van der Waals surface area contributed by atoms with Gasteiger partial charge in [-0.25, -0.2) is 0 Å². The van der Waals surface area contributed by atoms with Crippen molar-refractivity contribution in [2.45, 2.75) is 38.9 Å². The summed E-state index contributed by atoms with van der Waals surface area (Å²) in [6, 6.07) is 12.7. The van der Waals surface area contributed by atoms with Gasteiger partial charge in [-0.15, -0.1) is 0 Å². The maximum Gasteiger partial charge on any atom is 0.269 e. The van der Waals surface area contributed by atoms with E-state index >= 15 is 0 Å². The van der Waals surface area contributed by atoms with Gasteiger partial charge in [-0.05, 0) is 42.8 Å². The Bertz CT molecular complexity index is 699. The molecule has 2 aromatic rings. The van der Waals surface area contributed by atoms with E-state index in [0.29, 0.717) is 23.5 Å². The van der Waals surface area contributed by atoms with E-state index in [1.807, 2.05) is 0 Å². The molecule has 0 heterocycles. The smallest absolute Gasteiger partial charge is 0.269 e. The van der Waals surface area contributed by atoms with Crippen molar-refractivity contribution in [3.63, 3.8) is 0 Å². The van der Waals surface area contributed by atoms with E-state index in [1.165, 1.54) is 24.3 Å². The number of rotatable bonds is 9. The summed E-state index contributed by atoms with van der Waals surface area (Å²) < 4.78 is 5.43. The molecule has 0 aromatic heterocycles. The van der Waals surface area contributed by atoms with E-state index in [1.54, 1.807) is 24.3 Å². The van der Waals surface area contributed by atoms with Crippen molar-refractivity contribution in [3.8, 4) is 5.75 Å². The number of hydrogen-bond acceptors (Lipinski definition) is 6. The lowest BCUT2D eigenvalue weighted by molar-refractivity contribution is -0.384. The highest BCUT2D eigenvalue weighted by Gasteiger charge is 2.06. The number of azo groups is 1. The Labute approximate surface area is 146 Å². The summed E-state index contributed by atoms with van der Waals surface area (Å²) in [5.41, 5.74) is 1.15. The van der Waals surface area contributed by atoms with Crippen LogP contribution < -0.4 is 4.74 Å². The number of benzene rings is 2. The maximum atomic E-state index is 10.6. The number of aliphatic hydroxyl groups excluding tert-OH is 1. The first-order chi connectivity index (χ1) is 12.1. The van der Waals surface area contributed by atoms with Gasteiger partial charge in [0.25, 0.3) is 5.69 Å². The van der Waals surface area contributed by atoms with Crippen molar-refractivity contribution in [3.05, 3.63) is 58.6 Å². The fourth-order valence-electron chi connectivity index (χ4n) is 2.13. The molecule has 7 nitrogen and oxygen atoms in total. The van der Waals surface area contributed by atoms with Gasteiger partial charge in [0.05, 0.1) is 16.3 Å². The minimum atomic E-state index is -0.806. The topological polar surface area (TPSA) is 97.3 Å². The number of ether oxygens (including phenoxy) is 1. The van der Waals surface area contributed by atoms with Crippen LogP contribution in [0.2, 0.25) is 0 Å². The van der Waals surface area contributed by atoms with Crippen LogP contribution in [0.5, 0.6) is 5.75 Å². The first kappa shape index (κ1) is 18.5. The van der Waals surface area contributed by atoms with Crippen LogP contribution in [0.1, 0.15) is 32.6 Å². The molecule has 0 radical (unpaired) electrons. The zero-order valence-corrected chi connectivity index (χ0v) is 14.0. The Hall–Kier alpha value is -2.80. The van der Waals surface area contributed by atoms with Crippen LogP contribution >= 0.6 is 0 Å². The standard InChI is InChI=1S/C18H21N3O4/c1-2-3-4-5-18(22)25-17-12-8-15(9-13-17)20-19-14-6-10-16(11-7-14)21(23)24/h6-13,18,22H,2-5H2,1H3. The molecule has 1 unspecified atom stereocenters. The van der Waals surface area contributed by atoms with Crippen LogP contribution in [0.25, 0.3) is 0 Å². The molecule has 7 heteroatoms. The fourth-order valence-corrected chi connectivity index (χ4v) is 2.13. The van der Waals surface area contributed by atoms with E-state index in [-0.39, 0.29) is 5.69 Å². The van der Waals surface area contributed by atoms with E-state index in [2.05, 4.69) is 17.2 Å². The Morgan fingerprint density at radius 1 is 1.04 bits per heavy atom. The van der Waals surface area contributed by atoms with Crippen LogP contribution in [0.4, 0.5) is 17.1 Å². The molecule has 0 saturated heterocycles. The molecule has 0 aliphatic carbocycles. The molecule has 0 fully saturated rings. The second-order valence-electron chi connectivity index (χ2n) is 5.54. The van der Waals surface area contributed by atoms with Gasteiger partial charge in [-0.3, -0.25) is 10.1 Å². The largest absolute Gasteiger partial charge is 0.465 e. The zero-order chi connectivity index (χ0) is 18.1. The molecule has 2 aromatic carbocycles. The number of nitro groups is 1. The van der Waals surface area contributed by atoms with Crippen LogP contribution in [0.15, 0.2) is 58.8 Å². The van der Waals surface area contributed by atoms with Gasteiger partial charge in [0, 0.05) is 18.6 Å². The highest BCUT2D eigenvalue weighted by Crippen LogP contribution is 2.23. The molecule has 0 aliphatic heterocycles. The molecule has 1 atom stereocenters. The fraction of sp³-hybridized carbons (Fsp3) is 0.333. The van der Waals surface area contributed by atoms with Gasteiger partial charge in [0.2, 0.25) is 0 Å². The third-order valence-corrected chi connectivity index (χ3v) is 3.50. The molecule has 0 aliphatic rings. The Kier molecular flexibility index (Phi) is 7.03. The number of unbranched alkanes of at least 4 members (excludes halogenated alkanes) is 2. The van der Waals surface area contributed by atoms with Crippen molar-refractivity contribution in [1.82, 2.24) is 0 Å². The molecule has 0 amide bonds. The van der Waals surface area contributed by atoms with E-state index in [4.69, 9.17) is 4.74 Å². The Balaban J connectivity index is 1.90. The van der Waals surface area contributed by atoms with Gasteiger partial charge in [0.1, 0.15) is 5.75 Å². The normalized spacial score (nSPS) is 12.2. The molecule has 0 spiro atoms. The van der Waals surface area contributed by atoms with Crippen LogP contribution in [0, 0.1) is 10.1 Å². The molecule has 25 heavy (non-hydrogen) atoms. The predicted molar refractivity (Wildman–Crippen MR) is 94.5 cm³/mol. The number of nitrogens with zero attached hydrogens (tertiary/aromatic N) is 3. The van der Waals surface area contributed by atoms with Gasteiger partial charge in [-0.1, -0.05) is 19.8 Å². The van der Waals surface area contributed by atoms with Crippen molar-refractivity contribution in [2.24, 2.45) is 10.2 Å². The summed E-state index contributed by atoms with van der Waals surface area (Å²) in [6.45, 7) is 2.11. The van der Waals surface area contributed by atoms with Crippen LogP contribution in [-0.4, -0.2) is 16.3 Å². The van der Waals surface area contributed by atoms with Crippen molar-refractivity contribution in [2.75, 3.05) is 0 Å². The average Bonchev–Trinajstić information content (AvgIpc) is 2.62. The van der Waals surface area contributed by atoms with Crippen molar-refractivity contribution >= 4 is 17.1 Å². The van der Waals surface area contributed by atoms with Crippen LogP contribution in [0.3, 0.4) is 0 Å². The lowest BCUT2D eigenvalue weighted by Crippen LogP contribution is -2.14. The van der Waals surface area contributed by atoms with Gasteiger partial charge >= 0.3 is 0 Å². The number of nitro benzene ring substituents is 1. The second-order valence-corrected chi connectivity index (χ2v) is 5.54. The highest BCUT2D eigenvalue weighted by atomic mass is 16.6. The van der Waals surface area contributed by atoms with Gasteiger partial charge in [-0.2, -0.15) is 10.2 Å². The molecule has 0 bridgehead atoms. The third-order valence-electron chi connectivity index (χ3n) is 3.50. The SMILES string of the molecule is CCCCCC(O)Oc1ccc(N=Nc2ccc([N+](=O)[O-])cc2)cc1. The minimum absolute atomic E-state index is 0.0120. The molecule has 2 rings (SSSR count). The monoisotopic (exact) mass is 343 g/mol. The van der Waals surface area contributed by atoms with Crippen molar-refractivity contribution in [1.29, 1.82) is 0 Å². The lowest BCUT2D eigenvalue weighted by Gasteiger charge is -2.13. The zero-order valence-electron chi connectivity index (χ0n) is 14.0. The molecule has 1 N–H and O–H groups in total. The van der Waals surface area contributed by atoms with Crippen molar-refractivity contribution < 1.29 is 14.8 Å². The molecule has 132 valence electrons. The van der Waals surface area contributed by atoms with Crippen LogP contribution in [-0.2, 0) is 0 Å². The lowest BCUT2D eigenvalue weighted by atomic mass is 10.2. The predicted octanol–water partition coefficient (Wildman–Crippen LogP) is 5.29. The Morgan fingerprint density at radius 3 is 2.12 bits per heavy atom. The van der Waals surface area contributed by atoms with E-state index in [0.717, 1.165) is 19.3 Å². The first-order valence-corrected chi connectivity index (χ1v) is 8.19. The maximum absolute atomic E-state index is 10.6. The highest BCUT2D eigenvalue weighted by molar-refractivity contribution is 5.45. The molecular formula is C18H21N3O4. The Morgan fingerprint density at radius 2 is 1.60 bits per heavy atom.